The van der Waals surface area contributed by atoms with Gasteiger partial charge in [0.15, 0.2) is 17.2 Å². The van der Waals surface area contributed by atoms with Crippen molar-refractivity contribution in [3.8, 4) is 0 Å². The van der Waals surface area contributed by atoms with Gasteiger partial charge in [-0.2, -0.15) is 18.3 Å². The van der Waals surface area contributed by atoms with Crippen LogP contribution in [0.5, 0.6) is 0 Å². The van der Waals surface area contributed by atoms with Gasteiger partial charge in [0.2, 0.25) is 5.91 Å². The Balaban J connectivity index is 1.63. The lowest BCUT2D eigenvalue weighted by Gasteiger charge is -2.10. The summed E-state index contributed by atoms with van der Waals surface area (Å²) < 4.78 is 42.0. The Bertz CT molecular complexity index is 1090. The average molecular weight is 390 g/mol. The molecule has 1 saturated heterocycles. The average Bonchev–Trinajstić information content (AvgIpc) is 3.30. The summed E-state index contributed by atoms with van der Waals surface area (Å²) >= 11 is 0. The molecule has 28 heavy (non-hydrogen) atoms. The predicted octanol–water partition coefficient (Wildman–Crippen LogP) is 3.09. The van der Waals surface area contributed by atoms with Gasteiger partial charge in [-0.3, -0.25) is 9.69 Å². The van der Waals surface area contributed by atoms with E-state index in [9.17, 15) is 18.0 Å². The standard InChI is InChI=1S/C18H17F3N6O/c1-11-17(18(19,20)21)23-14-8-6-12(24-27(11)14)5-7-13-22-15(10-25(13)2)26-9-3-4-16(26)28/h5-8,10H,3-4,9H2,1-2H3/b7-5+. The number of carbonyl (C=O) groups excluding carboxylic acids is 1. The molecule has 0 atom stereocenters. The molecule has 1 aliphatic heterocycles. The first-order chi connectivity index (χ1) is 13.2. The van der Waals surface area contributed by atoms with Gasteiger partial charge >= 0.3 is 6.18 Å². The molecule has 3 aromatic heterocycles. The zero-order valence-electron chi connectivity index (χ0n) is 15.2. The number of aryl methyl sites for hydroxylation is 2. The number of hydrogen-bond acceptors (Lipinski definition) is 4. The lowest BCUT2D eigenvalue weighted by atomic mass is 10.3. The van der Waals surface area contributed by atoms with Crippen LogP contribution in [0.15, 0.2) is 18.3 Å². The Hall–Kier alpha value is -3.17. The molecule has 0 saturated carbocycles. The number of amides is 1. The number of aromatic nitrogens is 5. The van der Waals surface area contributed by atoms with Crippen LogP contribution in [0.25, 0.3) is 17.8 Å². The van der Waals surface area contributed by atoms with Crippen molar-refractivity contribution in [1.29, 1.82) is 0 Å². The van der Waals surface area contributed by atoms with Crippen molar-refractivity contribution in [3.05, 3.63) is 41.2 Å². The first kappa shape index (κ1) is 18.2. The summed E-state index contributed by atoms with van der Waals surface area (Å²) in [6.07, 6.45) is 1.95. The van der Waals surface area contributed by atoms with Gasteiger partial charge in [0, 0.05) is 26.2 Å². The molecular weight excluding hydrogens is 373 g/mol. The molecule has 1 amide bonds. The highest BCUT2D eigenvalue weighted by molar-refractivity contribution is 5.94. The SMILES string of the molecule is Cc1c(C(F)(F)F)nc2ccc(/C=C/c3nc(N4CCCC4=O)cn3C)nn12. The monoisotopic (exact) mass is 390 g/mol. The van der Waals surface area contributed by atoms with Crippen molar-refractivity contribution in [2.45, 2.75) is 25.9 Å². The minimum atomic E-state index is -4.52. The van der Waals surface area contributed by atoms with E-state index in [1.54, 1.807) is 33.9 Å². The summed E-state index contributed by atoms with van der Waals surface area (Å²) in [6, 6.07) is 3.08. The van der Waals surface area contributed by atoms with E-state index >= 15 is 0 Å². The van der Waals surface area contributed by atoms with Crippen LogP contribution in [0.4, 0.5) is 19.0 Å². The predicted molar refractivity (Wildman–Crippen MR) is 96.4 cm³/mol. The lowest BCUT2D eigenvalue weighted by Crippen LogP contribution is -2.23. The normalized spacial score (nSPS) is 15.5. The molecule has 0 aliphatic carbocycles. The molecule has 7 nitrogen and oxygen atoms in total. The Morgan fingerprint density at radius 1 is 1.18 bits per heavy atom. The summed E-state index contributed by atoms with van der Waals surface area (Å²) in [6.45, 7) is 1.99. The van der Waals surface area contributed by atoms with Crippen molar-refractivity contribution in [3.63, 3.8) is 0 Å². The van der Waals surface area contributed by atoms with Crippen molar-refractivity contribution >= 4 is 29.5 Å². The second-order valence-electron chi connectivity index (χ2n) is 6.62. The van der Waals surface area contributed by atoms with Crippen molar-refractivity contribution in [2.75, 3.05) is 11.4 Å². The molecule has 1 fully saturated rings. The van der Waals surface area contributed by atoms with E-state index in [1.807, 2.05) is 7.05 Å². The van der Waals surface area contributed by atoms with E-state index in [-0.39, 0.29) is 17.2 Å². The molecule has 0 unspecified atom stereocenters. The zero-order chi connectivity index (χ0) is 20.1. The number of carbonyl (C=O) groups is 1. The minimum Gasteiger partial charge on any atom is -0.332 e. The Morgan fingerprint density at radius 2 is 1.96 bits per heavy atom. The van der Waals surface area contributed by atoms with Crippen LogP contribution >= 0.6 is 0 Å². The molecule has 0 N–H and O–H groups in total. The van der Waals surface area contributed by atoms with E-state index in [1.165, 1.54) is 17.5 Å². The van der Waals surface area contributed by atoms with E-state index in [0.29, 0.717) is 30.3 Å². The molecule has 10 heteroatoms. The van der Waals surface area contributed by atoms with Crippen LogP contribution in [-0.4, -0.2) is 36.6 Å². The third-order valence-electron chi connectivity index (χ3n) is 4.64. The van der Waals surface area contributed by atoms with Crippen LogP contribution in [0.2, 0.25) is 0 Å². The van der Waals surface area contributed by atoms with Gasteiger partial charge in [-0.15, -0.1) is 0 Å². The fourth-order valence-corrected chi connectivity index (χ4v) is 3.21. The van der Waals surface area contributed by atoms with E-state index < -0.39 is 11.9 Å². The van der Waals surface area contributed by atoms with Gasteiger partial charge in [-0.05, 0) is 37.6 Å². The van der Waals surface area contributed by atoms with Gasteiger partial charge in [0.25, 0.3) is 0 Å². The van der Waals surface area contributed by atoms with Gasteiger partial charge in [0.1, 0.15) is 5.82 Å². The first-order valence-corrected chi connectivity index (χ1v) is 8.69. The largest absolute Gasteiger partial charge is 0.435 e. The number of alkyl halides is 3. The molecule has 146 valence electrons. The molecule has 0 radical (unpaired) electrons. The summed E-state index contributed by atoms with van der Waals surface area (Å²) in [7, 11) is 1.81. The summed E-state index contributed by atoms with van der Waals surface area (Å²) in [4.78, 5) is 21.6. The molecule has 4 rings (SSSR count). The van der Waals surface area contributed by atoms with Gasteiger partial charge in [0.05, 0.1) is 11.4 Å². The quantitative estimate of drug-likeness (QED) is 0.689. The van der Waals surface area contributed by atoms with Crippen molar-refractivity contribution < 1.29 is 18.0 Å². The third-order valence-corrected chi connectivity index (χ3v) is 4.64. The van der Waals surface area contributed by atoms with Crippen molar-refractivity contribution in [1.82, 2.24) is 24.1 Å². The number of anilines is 1. The summed E-state index contributed by atoms with van der Waals surface area (Å²) in [5.41, 5.74) is -0.410. The highest BCUT2D eigenvalue weighted by Crippen LogP contribution is 2.31. The maximum absolute atomic E-state index is 13.0. The fraction of sp³-hybridized carbons (Fsp3) is 0.333. The van der Waals surface area contributed by atoms with E-state index in [2.05, 4.69) is 15.1 Å². The lowest BCUT2D eigenvalue weighted by molar-refractivity contribution is -0.141. The van der Waals surface area contributed by atoms with E-state index in [4.69, 9.17) is 0 Å². The highest BCUT2D eigenvalue weighted by atomic mass is 19.4. The molecule has 1 aliphatic rings. The zero-order valence-corrected chi connectivity index (χ0v) is 15.2. The fourth-order valence-electron chi connectivity index (χ4n) is 3.21. The van der Waals surface area contributed by atoms with Gasteiger partial charge in [-0.1, -0.05) is 0 Å². The van der Waals surface area contributed by atoms with Crippen LogP contribution in [-0.2, 0) is 18.0 Å². The number of nitrogens with zero attached hydrogens (tertiary/aromatic N) is 6. The minimum absolute atomic E-state index is 0.0526. The number of halogens is 3. The first-order valence-electron chi connectivity index (χ1n) is 8.69. The second-order valence-corrected chi connectivity index (χ2v) is 6.62. The number of fused-ring (bicyclic) bond motifs is 1. The molecule has 0 spiro atoms. The number of imidazole rings is 2. The second kappa shape index (κ2) is 6.47. The van der Waals surface area contributed by atoms with Crippen molar-refractivity contribution in [2.24, 2.45) is 7.05 Å². The maximum Gasteiger partial charge on any atom is 0.435 e. The van der Waals surface area contributed by atoms with Crippen LogP contribution in [0, 0.1) is 6.92 Å². The maximum atomic E-state index is 13.0. The number of rotatable bonds is 3. The van der Waals surface area contributed by atoms with Gasteiger partial charge < -0.3 is 4.57 Å². The molecule has 4 heterocycles. The van der Waals surface area contributed by atoms with E-state index in [0.717, 1.165) is 6.42 Å². The highest BCUT2D eigenvalue weighted by Gasteiger charge is 2.36. The summed E-state index contributed by atoms with van der Waals surface area (Å²) in [5, 5.41) is 4.22. The third kappa shape index (κ3) is 3.14. The van der Waals surface area contributed by atoms with Crippen LogP contribution in [0.3, 0.4) is 0 Å². The van der Waals surface area contributed by atoms with Crippen LogP contribution in [0.1, 0.15) is 35.7 Å². The smallest absolute Gasteiger partial charge is 0.332 e. The van der Waals surface area contributed by atoms with Crippen LogP contribution < -0.4 is 4.90 Å². The number of hydrogen-bond donors (Lipinski definition) is 0. The molecular formula is C18H17F3N6O. The Morgan fingerprint density at radius 3 is 2.64 bits per heavy atom. The molecule has 0 bridgehead atoms. The summed E-state index contributed by atoms with van der Waals surface area (Å²) in [5.74, 6) is 1.25. The Labute approximate surface area is 158 Å². The topological polar surface area (TPSA) is 68.3 Å². The van der Waals surface area contributed by atoms with Gasteiger partial charge in [-0.25, -0.2) is 14.5 Å². The molecule has 0 aromatic carbocycles. The molecule has 3 aromatic rings. The Kier molecular flexibility index (Phi) is 4.20.